The van der Waals surface area contributed by atoms with Crippen LogP contribution in [-0.4, -0.2) is 28.1 Å². The molecule has 0 unspecified atom stereocenters. The highest BCUT2D eigenvalue weighted by Gasteiger charge is 2.28. The first-order chi connectivity index (χ1) is 9.59. The van der Waals surface area contributed by atoms with E-state index in [1.165, 1.54) is 12.8 Å². The Labute approximate surface area is 120 Å². The normalized spacial score (nSPS) is 18.3. The third-order valence-electron chi connectivity index (χ3n) is 4.09. The molecule has 1 aromatic heterocycles. The largest absolute Gasteiger partial charge is 0.388 e. The van der Waals surface area contributed by atoms with Crippen LogP contribution in [0.2, 0.25) is 0 Å². The second kappa shape index (κ2) is 6.84. The Hall–Kier alpha value is -1.42. The number of hydrogen-bond acceptors (Lipinski definition) is 3. The standard InChI is InChI=1S/C16H24N2O2/c1-13-7-6-10-17-14(13)11-15(19)18-12-16(20)8-4-2-3-5-9-16/h6-7,10,20H,2-5,8-9,11-12H2,1H3,(H,18,19). The van der Waals surface area contributed by atoms with Crippen LogP contribution in [0.3, 0.4) is 0 Å². The van der Waals surface area contributed by atoms with Crippen LogP contribution in [0.25, 0.3) is 0 Å². The minimum Gasteiger partial charge on any atom is -0.388 e. The zero-order chi connectivity index (χ0) is 14.4. The molecule has 1 aliphatic carbocycles. The van der Waals surface area contributed by atoms with Crippen LogP contribution < -0.4 is 5.32 Å². The van der Waals surface area contributed by atoms with Gasteiger partial charge in [-0.25, -0.2) is 0 Å². The molecule has 2 N–H and O–H groups in total. The third kappa shape index (κ3) is 4.30. The van der Waals surface area contributed by atoms with Gasteiger partial charge in [0, 0.05) is 12.7 Å². The Morgan fingerprint density at radius 3 is 2.70 bits per heavy atom. The molecular weight excluding hydrogens is 252 g/mol. The maximum atomic E-state index is 12.0. The lowest BCUT2D eigenvalue weighted by atomic mass is 9.94. The van der Waals surface area contributed by atoms with E-state index in [4.69, 9.17) is 0 Å². The number of pyridine rings is 1. The van der Waals surface area contributed by atoms with Crippen molar-refractivity contribution >= 4 is 5.91 Å². The monoisotopic (exact) mass is 276 g/mol. The molecule has 1 amide bonds. The van der Waals surface area contributed by atoms with Gasteiger partial charge in [0.05, 0.1) is 17.7 Å². The first-order valence-electron chi connectivity index (χ1n) is 7.49. The molecule has 0 spiro atoms. The van der Waals surface area contributed by atoms with Gasteiger partial charge in [-0.15, -0.1) is 0 Å². The number of hydrogen-bond donors (Lipinski definition) is 2. The van der Waals surface area contributed by atoms with Gasteiger partial charge in [0.15, 0.2) is 0 Å². The number of nitrogens with zero attached hydrogens (tertiary/aromatic N) is 1. The van der Waals surface area contributed by atoms with Crippen LogP contribution in [-0.2, 0) is 11.2 Å². The molecule has 20 heavy (non-hydrogen) atoms. The number of amides is 1. The fraction of sp³-hybridized carbons (Fsp3) is 0.625. The van der Waals surface area contributed by atoms with E-state index in [9.17, 15) is 9.90 Å². The molecule has 0 aromatic carbocycles. The summed E-state index contributed by atoms with van der Waals surface area (Å²) < 4.78 is 0. The van der Waals surface area contributed by atoms with Crippen molar-refractivity contribution in [2.45, 2.75) is 57.5 Å². The quantitative estimate of drug-likeness (QED) is 0.828. The smallest absolute Gasteiger partial charge is 0.226 e. The van der Waals surface area contributed by atoms with Crippen molar-refractivity contribution < 1.29 is 9.90 Å². The van der Waals surface area contributed by atoms with Crippen molar-refractivity contribution in [2.24, 2.45) is 0 Å². The minimum atomic E-state index is -0.717. The van der Waals surface area contributed by atoms with Crippen LogP contribution in [0, 0.1) is 6.92 Å². The molecular formula is C16H24N2O2. The summed E-state index contributed by atoms with van der Waals surface area (Å²) >= 11 is 0. The lowest BCUT2D eigenvalue weighted by molar-refractivity contribution is -0.121. The first kappa shape index (κ1) is 15.0. The zero-order valence-corrected chi connectivity index (χ0v) is 12.2. The van der Waals surface area contributed by atoms with Gasteiger partial charge in [-0.2, -0.15) is 0 Å². The Morgan fingerprint density at radius 2 is 2.05 bits per heavy atom. The Morgan fingerprint density at radius 1 is 1.35 bits per heavy atom. The molecule has 0 radical (unpaired) electrons. The maximum absolute atomic E-state index is 12.0. The average Bonchev–Trinajstić information content (AvgIpc) is 2.65. The van der Waals surface area contributed by atoms with E-state index in [2.05, 4.69) is 10.3 Å². The molecule has 1 aromatic rings. The number of carbonyl (C=O) groups is 1. The summed E-state index contributed by atoms with van der Waals surface area (Å²) in [5.74, 6) is -0.0653. The molecule has 0 saturated heterocycles. The summed E-state index contributed by atoms with van der Waals surface area (Å²) in [7, 11) is 0. The van der Waals surface area contributed by atoms with E-state index in [1.54, 1.807) is 6.20 Å². The predicted molar refractivity (Wildman–Crippen MR) is 78.3 cm³/mol. The van der Waals surface area contributed by atoms with Gasteiger partial charge in [0.25, 0.3) is 0 Å². The van der Waals surface area contributed by atoms with Crippen molar-refractivity contribution in [1.82, 2.24) is 10.3 Å². The lowest BCUT2D eigenvalue weighted by Crippen LogP contribution is -2.43. The van der Waals surface area contributed by atoms with Crippen molar-refractivity contribution in [3.8, 4) is 0 Å². The Kier molecular flexibility index (Phi) is 5.12. The second-order valence-electron chi connectivity index (χ2n) is 5.86. The molecule has 1 aliphatic rings. The highest BCUT2D eigenvalue weighted by molar-refractivity contribution is 5.78. The molecule has 110 valence electrons. The molecule has 1 heterocycles. The van der Waals surface area contributed by atoms with E-state index in [-0.39, 0.29) is 12.3 Å². The van der Waals surface area contributed by atoms with Gasteiger partial charge in [-0.1, -0.05) is 31.7 Å². The Balaban J connectivity index is 1.84. The summed E-state index contributed by atoms with van der Waals surface area (Å²) in [6.45, 7) is 2.31. The van der Waals surface area contributed by atoms with Crippen LogP contribution in [0.5, 0.6) is 0 Å². The number of rotatable bonds is 4. The van der Waals surface area contributed by atoms with Gasteiger partial charge in [-0.05, 0) is 31.4 Å². The molecule has 1 fully saturated rings. The lowest BCUT2D eigenvalue weighted by Gasteiger charge is -2.26. The highest BCUT2D eigenvalue weighted by atomic mass is 16.3. The van der Waals surface area contributed by atoms with Gasteiger partial charge in [0.2, 0.25) is 5.91 Å². The number of aromatic nitrogens is 1. The predicted octanol–water partition coefficient (Wildman–Crippen LogP) is 2.13. The molecule has 4 heteroatoms. The van der Waals surface area contributed by atoms with Gasteiger partial charge >= 0.3 is 0 Å². The number of aliphatic hydroxyl groups is 1. The minimum absolute atomic E-state index is 0.0653. The van der Waals surface area contributed by atoms with Crippen LogP contribution in [0.4, 0.5) is 0 Å². The average molecular weight is 276 g/mol. The summed E-state index contributed by atoms with van der Waals surface area (Å²) in [6.07, 6.45) is 8.02. The molecule has 0 aliphatic heterocycles. The fourth-order valence-corrected chi connectivity index (χ4v) is 2.74. The van der Waals surface area contributed by atoms with Crippen molar-refractivity contribution in [3.63, 3.8) is 0 Å². The van der Waals surface area contributed by atoms with Crippen molar-refractivity contribution in [2.75, 3.05) is 6.54 Å². The Bertz CT molecular complexity index is 452. The highest BCUT2D eigenvalue weighted by Crippen LogP contribution is 2.26. The fourth-order valence-electron chi connectivity index (χ4n) is 2.74. The molecule has 0 atom stereocenters. The molecule has 1 saturated carbocycles. The third-order valence-corrected chi connectivity index (χ3v) is 4.09. The van der Waals surface area contributed by atoms with Gasteiger partial charge < -0.3 is 10.4 Å². The number of nitrogens with one attached hydrogen (secondary N) is 1. The van der Waals surface area contributed by atoms with Crippen LogP contribution in [0.15, 0.2) is 18.3 Å². The van der Waals surface area contributed by atoms with E-state index in [0.29, 0.717) is 6.54 Å². The van der Waals surface area contributed by atoms with E-state index < -0.39 is 5.60 Å². The van der Waals surface area contributed by atoms with Crippen molar-refractivity contribution in [3.05, 3.63) is 29.6 Å². The van der Waals surface area contributed by atoms with E-state index >= 15 is 0 Å². The second-order valence-corrected chi connectivity index (χ2v) is 5.86. The maximum Gasteiger partial charge on any atom is 0.226 e. The number of aryl methyl sites for hydroxylation is 1. The summed E-state index contributed by atoms with van der Waals surface area (Å²) in [4.78, 5) is 16.2. The van der Waals surface area contributed by atoms with E-state index in [1.807, 2.05) is 19.1 Å². The van der Waals surface area contributed by atoms with Gasteiger partial charge in [-0.3, -0.25) is 9.78 Å². The van der Waals surface area contributed by atoms with Crippen LogP contribution >= 0.6 is 0 Å². The summed E-state index contributed by atoms with van der Waals surface area (Å²) in [6, 6.07) is 3.82. The topological polar surface area (TPSA) is 62.2 Å². The zero-order valence-electron chi connectivity index (χ0n) is 12.2. The SMILES string of the molecule is Cc1cccnc1CC(=O)NCC1(O)CCCCCC1. The van der Waals surface area contributed by atoms with Crippen molar-refractivity contribution in [1.29, 1.82) is 0 Å². The molecule has 4 nitrogen and oxygen atoms in total. The first-order valence-corrected chi connectivity index (χ1v) is 7.49. The summed E-state index contributed by atoms with van der Waals surface area (Å²) in [5, 5.41) is 13.4. The van der Waals surface area contributed by atoms with E-state index in [0.717, 1.165) is 36.9 Å². The molecule has 2 rings (SSSR count). The van der Waals surface area contributed by atoms with Gasteiger partial charge in [0.1, 0.15) is 0 Å². The summed E-state index contributed by atoms with van der Waals surface area (Å²) in [5.41, 5.74) is 1.11. The number of carbonyl (C=O) groups excluding carboxylic acids is 1. The van der Waals surface area contributed by atoms with Crippen LogP contribution in [0.1, 0.15) is 49.8 Å². The molecule has 0 bridgehead atoms.